The summed E-state index contributed by atoms with van der Waals surface area (Å²) in [5.41, 5.74) is 6.70. The Labute approximate surface area is 197 Å². The van der Waals surface area contributed by atoms with Crippen LogP contribution in [0.4, 0.5) is 15.8 Å². The van der Waals surface area contributed by atoms with Crippen LogP contribution in [0.1, 0.15) is 84.1 Å². The van der Waals surface area contributed by atoms with Crippen LogP contribution in [-0.4, -0.2) is 16.6 Å². The van der Waals surface area contributed by atoms with Crippen molar-refractivity contribution in [1.82, 2.24) is 0 Å². The fourth-order valence-electron chi connectivity index (χ4n) is 8.89. The second kappa shape index (κ2) is 7.69. The molecule has 182 valence electrons. The predicted octanol–water partition coefficient (Wildman–Crippen LogP) is 6.06. The molecule has 5 heteroatoms. The van der Waals surface area contributed by atoms with E-state index in [0.29, 0.717) is 40.3 Å². The molecular formula is C28H41FN2O2. The first-order chi connectivity index (χ1) is 15.5. The first-order valence-electron chi connectivity index (χ1n) is 13.0. The van der Waals surface area contributed by atoms with Crippen LogP contribution in [0.25, 0.3) is 0 Å². The normalized spacial score (nSPS) is 44.5. The molecule has 0 radical (unpaired) electrons. The molecule has 5 rings (SSSR count). The molecule has 4 aliphatic rings. The van der Waals surface area contributed by atoms with Gasteiger partial charge in [-0.25, -0.2) is 4.39 Å². The molecule has 33 heavy (non-hydrogen) atoms. The Morgan fingerprint density at radius 2 is 1.76 bits per heavy atom. The van der Waals surface area contributed by atoms with Crippen LogP contribution >= 0.6 is 0 Å². The lowest BCUT2D eigenvalue weighted by Crippen LogP contribution is -2.55. The van der Waals surface area contributed by atoms with E-state index < -0.39 is 11.4 Å². The lowest BCUT2D eigenvalue weighted by molar-refractivity contribution is -0.149. The maximum absolute atomic E-state index is 14.3. The van der Waals surface area contributed by atoms with Gasteiger partial charge in [0.25, 0.3) is 0 Å². The summed E-state index contributed by atoms with van der Waals surface area (Å²) in [5.74, 6) is 2.07. The van der Waals surface area contributed by atoms with Gasteiger partial charge in [-0.1, -0.05) is 19.9 Å². The van der Waals surface area contributed by atoms with Crippen LogP contribution in [-0.2, 0) is 4.79 Å². The van der Waals surface area contributed by atoms with Gasteiger partial charge in [-0.2, -0.15) is 0 Å². The Morgan fingerprint density at radius 1 is 1.03 bits per heavy atom. The molecule has 0 aromatic heterocycles. The predicted molar refractivity (Wildman–Crippen MR) is 130 cm³/mol. The van der Waals surface area contributed by atoms with Crippen LogP contribution in [0.5, 0.6) is 0 Å². The summed E-state index contributed by atoms with van der Waals surface area (Å²) in [7, 11) is 0. The monoisotopic (exact) mass is 456 g/mol. The molecule has 0 spiro atoms. The van der Waals surface area contributed by atoms with Gasteiger partial charge in [0.1, 0.15) is 0 Å². The van der Waals surface area contributed by atoms with Crippen molar-refractivity contribution in [2.75, 3.05) is 11.1 Å². The van der Waals surface area contributed by atoms with Crippen molar-refractivity contribution in [2.45, 2.75) is 91.1 Å². The van der Waals surface area contributed by atoms with Gasteiger partial charge < -0.3 is 16.2 Å². The van der Waals surface area contributed by atoms with Gasteiger partial charge in [0.05, 0.1) is 17.0 Å². The van der Waals surface area contributed by atoms with E-state index in [-0.39, 0.29) is 22.9 Å². The van der Waals surface area contributed by atoms with Gasteiger partial charge in [0, 0.05) is 5.92 Å². The van der Waals surface area contributed by atoms with Crippen molar-refractivity contribution in [3.05, 3.63) is 23.5 Å². The molecule has 4 saturated carbocycles. The molecule has 4 N–H and O–H groups in total. The number of aliphatic hydroxyl groups is 1. The molecule has 0 saturated heterocycles. The van der Waals surface area contributed by atoms with Crippen LogP contribution in [0.2, 0.25) is 0 Å². The summed E-state index contributed by atoms with van der Waals surface area (Å²) in [6.45, 7) is 8.54. The van der Waals surface area contributed by atoms with Gasteiger partial charge in [0.15, 0.2) is 5.82 Å². The Bertz CT molecular complexity index is 961. The largest absolute Gasteiger partial charge is 0.395 e. The number of rotatable bonds is 2. The van der Waals surface area contributed by atoms with Crippen molar-refractivity contribution >= 4 is 17.3 Å². The molecule has 4 nitrogen and oxygen atoms in total. The Hall–Kier alpha value is -1.62. The highest BCUT2D eigenvalue weighted by Gasteiger charge is 2.61. The summed E-state index contributed by atoms with van der Waals surface area (Å²) < 4.78 is 14.3. The molecular weight excluding hydrogens is 415 g/mol. The molecule has 0 unspecified atom stereocenters. The van der Waals surface area contributed by atoms with Gasteiger partial charge >= 0.3 is 0 Å². The van der Waals surface area contributed by atoms with Crippen molar-refractivity contribution in [3.8, 4) is 0 Å². The number of fused-ring (bicyclic) bond motifs is 5. The number of benzene rings is 1. The highest BCUT2D eigenvalue weighted by molar-refractivity contribution is 5.96. The minimum absolute atomic E-state index is 0.00187. The van der Waals surface area contributed by atoms with Gasteiger partial charge in [0.2, 0.25) is 5.91 Å². The molecule has 0 heterocycles. The average molecular weight is 457 g/mol. The number of carbonyl (C=O) groups excluding carboxylic acids is 1. The Kier molecular flexibility index (Phi) is 5.39. The van der Waals surface area contributed by atoms with Crippen LogP contribution in [0, 0.1) is 53.2 Å². The highest BCUT2D eigenvalue weighted by Crippen LogP contribution is 2.68. The summed E-state index contributed by atoms with van der Waals surface area (Å²) in [6.07, 6.45) is 9.66. The second-order valence-electron chi connectivity index (χ2n) is 12.7. The standard InChI is InChI=1S/C28H41FN2O2/c1-16-5-10-22(24(30)23(16)29)31-25(32)21-9-8-19-18-7-6-17-15-26(2,33)13-14-27(17,3)20(18)11-12-28(19,21)4/h5,10,17-21,33H,6-9,11-15,30H2,1-4H3,(H,31,32)/t17-,18-,19-,20-,21+,26+,27-,28-/m0/s1. The second-order valence-corrected chi connectivity index (χ2v) is 12.7. The number of amides is 1. The minimum Gasteiger partial charge on any atom is -0.395 e. The molecule has 4 fully saturated rings. The van der Waals surface area contributed by atoms with Gasteiger partial charge in [-0.05, 0) is 118 Å². The topological polar surface area (TPSA) is 75.3 Å². The van der Waals surface area contributed by atoms with Crippen molar-refractivity contribution < 1.29 is 14.3 Å². The number of nitrogens with two attached hydrogens (primary N) is 1. The van der Waals surface area contributed by atoms with E-state index >= 15 is 0 Å². The summed E-state index contributed by atoms with van der Waals surface area (Å²) in [6, 6.07) is 3.39. The molecule has 1 amide bonds. The fourth-order valence-corrected chi connectivity index (χ4v) is 8.89. The summed E-state index contributed by atoms with van der Waals surface area (Å²) in [4.78, 5) is 13.4. The highest BCUT2D eigenvalue weighted by atomic mass is 19.1. The van der Waals surface area contributed by atoms with E-state index in [1.807, 2.05) is 6.92 Å². The molecule has 1 aromatic carbocycles. The van der Waals surface area contributed by atoms with Crippen molar-refractivity contribution in [2.24, 2.45) is 40.4 Å². The lowest BCUT2D eigenvalue weighted by atomic mass is 9.44. The third-order valence-corrected chi connectivity index (χ3v) is 10.9. The van der Waals surface area contributed by atoms with Gasteiger partial charge in [-0.15, -0.1) is 0 Å². The third kappa shape index (κ3) is 3.52. The first kappa shape index (κ1) is 23.1. The van der Waals surface area contributed by atoms with E-state index in [1.54, 1.807) is 19.1 Å². The number of anilines is 2. The van der Waals surface area contributed by atoms with E-state index in [4.69, 9.17) is 5.73 Å². The molecule has 0 bridgehead atoms. The first-order valence-corrected chi connectivity index (χ1v) is 13.0. The Morgan fingerprint density at radius 3 is 2.52 bits per heavy atom. The van der Waals surface area contributed by atoms with E-state index in [2.05, 4.69) is 19.2 Å². The summed E-state index contributed by atoms with van der Waals surface area (Å²) >= 11 is 0. The number of hydrogen-bond acceptors (Lipinski definition) is 3. The SMILES string of the molecule is Cc1ccc(NC(=O)[C@H]2CC[C@H]3[C@@H]4CC[C@H]5C[C@](C)(O)CC[C@]5(C)[C@H]4CC[C@]23C)c(N)c1F. The molecule has 1 aromatic rings. The van der Waals surface area contributed by atoms with E-state index in [1.165, 1.54) is 19.3 Å². The minimum atomic E-state index is -0.506. The zero-order chi connectivity index (χ0) is 23.8. The number of aryl methyl sites for hydroxylation is 1. The quantitative estimate of drug-likeness (QED) is 0.473. The number of carbonyl (C=O) groups is 1. The summed E-state index contributed by atoms with van der Waals surface area (Å²) in [5, 5.41) is 13.7. The van der Waals surface area contributed by atoms with Crippen LogP contribution < -0.4 is 11.1 Å². The van der Waals surface area contributed by atoms with Crippen molar-refractivity contribution in [1.29, 1.82) is 0 Å². The maximum Gasteiger partial charge on any atom is 0.228 e. The zero-order valence-electron chi connectivity index (χ0n) is 20.7. The van der Waals surface area contributed by atoms with E-state index in [9.17, 15) is 14.3 Å². The smallest absolute Gasteiger partial charge is 0.228 e. The molecule has 8 atom stereocenters. The number of nitrogen functional groups attached to an aromatic ring is 1. The molecule has 4 aliphatic carbocycles. The van der Waals surface area contributed by atoms with Crippen LogP contribution in [0.15, 0.2) is 12.1 Å². The Balaban J connectivity index is 1.35. The maximum atomic E-state index is 14.3. The van der Waals surface area contributed by atoms with Crippen LogP contribution in [0.3, 0.4) is 0 Å². The number of halogens is 1. The van der Waals surface area contributed by atoms with E-state index in [0.717, 1.165) is 38.5 Å². The zero-order valence-corrected chi connectivity index (χ0v) is 20.7. The lowest BCUT2D eigenvalue weighted by Gasteiger charge is -2.61. The van der Waals surface area contributed by atoms with Gasteiger partial charge in [-0.3, -0.25) is 4.79 Å². The number of nitrogens with one attached hydrogen (secondary N) is 1. The number of hydrogen-bond donors (Lipinski definition) is 3. The average Bonchev–Trinajstić information content (AvgIpc) is 3.12. The molecule has 0 aliphatic heterocycles. The third-order valence-electron chi connectivity index (χ3n) is 10.9. The fraction of sp³-hybridized carbons (Fsp3) is 0.750. The van der Waals surface area contributed by atoms with Crippen molar-refractivity contribution in [3.63, 3.8) is 0 Å².